The Labute approximate surface area is 155 Å². The number of benzene rings is 1. The molecule has 6 nitrogen and oxygen atoms in total. The number of aryl methyl sites for hydroxylation is 1. The Kier molecular flexibility index (Phi) is 5.11. The summed E-state index contributed by atoms with van der Waals surface area (Å²) in [4.78, 5) is 25.5. The molecule has 1 aromatic heterocycles. The van der Waals surface area contributed by atoms with E-state index >= 15 is 0 Å². The van der Waals surface area contributed by atoms with Gasteiger partial charge in [0.1, 0.15) is 0 Å². The maximum atomic E-state index is 12.2. The van der Waals surface area contributed by atoms with Crippen LogP contribution in [0.1, 0.15) is 36.7 Å². The van der Waals surface area contributed by atoms with Gasteiger partial charge in [0.25, 0.3) is 5.91 Å². The van der Waals surface area contributed by atoms with E-state index in [2.05, 4.69) is 56.3 Å². The summed E-state index contributed by atoms with van der Waals surface area (Å²) in [7, 11) is 0. The van der Waals surface area contributed by atoms with Crippen molar-refractivity contribution in [3.8, 4) is 0 Å². The van der Waals surface area contributed by atoms with Gasteiger partial charge in [-0.3, -0.25) is 4.79 Å². The van der Waals surface area contributed by atoms with Crippen LogP contribution in [-0.4, -0.2) is 47.6 Å². The van der Waals surface area contributed by atoms with Crippen molar-refractivity contribution in [1.82, 2.24) is 15.3 Å². The van der Waals surface area contributed by atoms with E-state index in [-0.39, 0.29) is 11.4 Å². The van der Waals surface area contributed by atoms with Gasteiger partial charge < -0.3 is 15.1 Å². The Hall–Kier alpha value is -2.63. The highest BCUT2D eigenvalue weighted by Crippen LogP contribution is 2.19. The number of hydrogen-bond acceptors (Lipinski definition) is 5. The van der Waals surface area contributed by atoms with Crippen LogP contribution in [0.25, 0.3) is 0 Å². The maximum Gasteiger partial charge on any atom is 0.254 e. The monoisotopic (exact) mass is 353 g/mol. The van der Waals surface area contributed by atoms with Gasteiger partial charge in [-0.1, -0.05) is 12.1 Å². The van der Waals surface area contributed by atoms with E-state index in [9.17, 15) is 4.79 Å². The van der Waals surface area contributed by atoms with E-state index in [0.717, 1.165) is 26.2 Å². The Bertz CT molecular complexity index is 759. The van der Waals surface area contributed by atoms with Crippen molar-refractivity contribution >= 4 is 17.5 Å². The van der Waals surface area contributed by atoms with Crippen molar-refractivity contribution in [1.29, 1.82) is 0 Å². The Morgan fingerprint density at radius 2 is 1.65 bits per heavy atom. The van der Waals surface area contributed by atoms with Gasteiger partial charge in [0.05, 0.1) is 5.56 Å². The van der Waals surface area contributed by atoms with Crippen LogP contribution in [0.4, 0.5) is 11.6 Å². The fraction of sp³-hybridized carbons (Fsp3) is 0.450. The molecule has 1 fully saturated rings. The van der Waals surface area contributed by atoms with Crippen LogP contribution >= 0.6 is 0 Å². The first-order valence-electron chi connectivity index (χ1n) is 9.03. The zero-order valence-corrected chi connectivity index (χ0v) is 16.0. The molecular formula is C20H27N5O. The van der Waals surface area contributed by atoms with Crippen LogP contribution in [-0.2, 0) is 0 Å². The summed E-state index contributed by atoms with van der Waals surface area (Å²) < 4.78 is 0. The number of nitrogens with zero attached hydrogens (tertiary/aromatic N) is 4. The molecule has 0 spiro atoms. The molecule has 0 bridgehead atoms. The number of hydrogen-bond donors (Lipinski definition) is 1. The van der Waals surface area contributed by atoms with Gasteiger partial charge in [-0.15, -0.1) is 0 Å². The smallest absolute Gasteiger partial charge is 0.254 e. The lowest BCUT2D eigenvalue weighted by atomic mass is 10.1. The van der Waals surface area contributed by atoms with Crippen LogP contribution in [0.15, 0.2) is 36.7 Å². The van der Waals surface area contributed by atoms with Gasteiger partial charge in [0.2, 0.25) is 5.95 Å². The van der Waals surface area contributed by atoms with Crippen molar-refractivity contribution < 1.29 is 4.79 Å². The van der Waals surface area contributed by atoms with Crippen molar-refractivity contribution in [3.63, 3.8) is 0 Å². The molecule has 1 saturated heterocycles. The molecule has 3 rings (SSSR count). The summed E-state index contributed by atoms with van der Waals surface area (Å²) in [6, 6.07) is 8.59. The largest absolute Gasteiger partial charge is 0.368 e. The second-order valence-electron chi connectivity index (χ2n) is 7.79. The Morgan fingerprint density at radius 3 is 2.23 bits per heavy atom. The molecule has 0 radical (unpaired) electrons. The predicted octanol–water partition coefficient (Wildman–Crippen LogP) is 2.64. The van der Waals surface area contributed by atoms with E-state index < -0.39 is 0 Å². The molecule has 26 heavy (non-hydrogen) atoms. The van der Waals surface area contributed by atoms with E-state index in [0.29, 0.717) is 11.5 Å². The number of rotatable bonds is 3. The summed E-state index contributed by atoms with van der Waals surface area (Å²) >= 11 is 0. The third-order valence-electron chi connectivity index (χ3n) is 4.32. The minimum absolute atomic E-state index is 0.145. The normalized spacial score (nSPS) is 15.1. The van der Waals surface area contributed by atoms with Crippen LogP contribution in [0, 0.1) is 6.92 Å². The number of amides is 1. The average Bonchev–Trinajstić information content (AvgIpc) is 2.61. The van der Waals surface area contributed by atoms with Gasteiger partial charge in [-0.05, 0) is 45.4 Å². The molecule has 1 aromatic carbocycles. The van der Waals surface area contributed by atoms with Gasteiger partial charge in [0.15, 0.2) is 0 Å². The second kappa shape index (κ2) is 7.32. The van der Waals surface area contributed by atoms with Crippen LogP contribution < -0.4 is 15.1 Å². The lowest BCUT2D eigenvalue weighted by Crippen LogP contribution is -2.47. The zero-order valence-electron chi connectivity index (χ0n) is 16.0. The van der Waals surface area contributed by atoms with E-state index in [1.807, 2.05) is 20.8 Å². The van der Waals surface area contributed by atoms with Crippen LogP contribution in [0.3, 0.4) is 0 Å². The van der Waals surface area contributed by atoms with Crippen LogP contribution in [0.2, 0.25) is 0 Å². The maximum absolute atomic E-state index is 12.2. The van der Waals surface area contributed by atoms with Crippen molar-refractivity contribution in [2.75, 3.05) is 36.0 Å². The number of carbonyl (C=O) groups is 1. The fourth-order valence-corrected chi connectivity index (χ4v) is 3.00. The molecule has 138 valence electrons. The standard InChI is InChI=1S/C20H27N5O/c1-15-6-5-7-17(12-15)24-8-10-25(11-9-24)19-21-13-16(14-22-19)18(26)23-20(2,3)4/h5-7,12-14H,8-11H2,1-4H3,(H,23,26). The highest BCUT2D eigenvalue weighted by atomic mass is 16.1. The molecule has 1 amide bonds. The SMILES string of the molecule is Cc1cccc(N2CCN(c3ncc(C(=O)NC(C)(C)C)cn3)CC2)c1. The van der Waals surface area contributed by atoms with E-state index in [4.69, 9.17) is 0 Å². The van der Waals surface area contributed by atoms with Gasteiger partial charge >= 0.3 is 0 Å². The van der Waals surface area contributed by atoms with Gasteiger partial charge in [-0.25, -0.2) is 9.97 Å². The summed E-state index contributed by atoms with van der Waals surface area (Å²) in [5.74, 6) is 0.537. The second-order valence-corrected chi connectivity index (χ2v) is 7.79. The average molecular weight is 353 g/mol. The molecule has 0 unspecified atom stereocenters. The molecule has 1 aliphatic heterocycles. The summed E-state index contributed by atoms with van der Waals surface area (Å²) in [6.07, 6.45) is 3.21. The Morgan fingerprint density at radius 1 is 1.04 bits per heavy atom. The molecule has 1 N–H and O–H groups in total. The van der Waals surface area contributed by atoms with Crippen molar-refractivity contribution in [2.24, 2.45) is 0 Å². The van der Waals surface area contributed by atoms with Crippen LogP contribution in [0.5, 0.6) is 0 Å². The lowest BCUT2D eigenvalue weighted by Gasteiger charge is -2.36. The molecule has 2 heterocycles. The van der Waals surface area contributed by atoms with E-state index in [1.54, 1.807) is 12.4 Å². The first kappa shape index (κ1) is 18.2. The first-order valence-corrected chi connectivity index (χ1v) is 9.03. The molecule has 2 aromatic rings. The van der Waals surface area contributed by atoms with Crippen molar-refractivity contribution in [3.05, 3.63) is 47.8 Å². The molecule has 0 saturated carbocycles. The summed E-state index contributed by atoms with van der Waals surface area (Å²) in [5, 5.41) is 2.92. The topological polar surface area (TPSA) is 61.4 Å². The summed E-state index contributed by atoms with van der Waals surface area (Å²) in [5.41, 5.74) is 2.75. The minimum atomic E-state index is -0.276. The van der Waals surface area contributed by atoms with Crippen molar-refractivity contribution in [2.45, 2.75) is 33.2 Å². The highest BCUT2D eigenvalue weighted by Gasteiger charge is 2.20. The van der Waals surface area contributed by atoms with Gasteiger partial charge in [0, 0.05) is 49.8 Å². The zero-order chi connectivity index (χ0) is 18.7. The quantitative estimate of drug-likeness (QED) is 0.919. The molecule has 1 aliphatic rings. The van der Waals surface area contributed by atoms with Gasteiger partial charge in [-0.2, -0.15) is 0 Å². The number of piperazine rings is 1. The predicted molar refractivity (Wildman–Crippen MR) is 105 cm³/mol. The molecule has 0 atom stereocenters. The number of anilines is 2. The fourth-order valence-electron chi connectivity index (χ4n) is 3.00. The lowest BCUT2D eigenvalue weighted by molar-refractivity contribution is 0.0919. The molecule has 0 aliphatic carbocycles. The van der Waals surface area contributed by atoms with E-state index in [1.165, 1.54) is 11.3 Å². The molecular weight excluding hydrogens is 326 g/mol. The highest BCUT2D eigenvalue weighted by molar-refractivity contribution is 5.94. The number of carbonyl (C=O) groups excluding carboxylic acids is 1. The minimum Gasteiger partial charge on any atom is -0.368 e. The number of nitrogens with one attached hydrogen (secondary N) is 1. The Balaban J connectivity index is 1.60. The first-order chi connectivity index (χ1) is 12.3. The third kappa shape index (κ3) is 4.50. The summed E-state index contributed by atoms with van der Waals surface area (Å²) in [6.45, 7) is 11.6. The number of aromatic nitrogens is 2. The molecule has 6 heteroatoms. The third-order valence-corrected chi connectivity index (χ3v) is 4.32.